The van der Waals surface area contributed by atoms with Crippen LogP contribution in [-0.2, 0) is 10.3 Å². The minimum absolute atomic E-state index is 0.204. The van der Waals surface area contributed by atoms with Crippen molar-refractivity contribution < 1.29 is 17.0 Å². The summed E-state index contributed by atoms with van der Waals surface area (Å²) >= 11 is 0. The average Bonchev–Trinajstić information content (AvgIpc) is 2.63. The standard InChI is InChI=1S/C9H10N2O4S/c1-11(2)16(12,13)15-7-3-4-9-8(5-7)10-6-14-9/h3-6H,1-2H3. The number of benzene rings is 1. The lowest BCUT2D eigenvalue weighted by atomic mass is 10.3. The van der Waals surface area contributed by atoms with Gasteiger partial charge in [-0.05, 0) is 12.1 Å². The number of rotatable bonds is 3. The molecule has 0 aliphatic heterocycles. The van der Waals surface area contributed by atoms with Crippen LogP contribution >= 0.6 is 0 Å². The van der Waals surface area contributed by atoms with Crippen molar-refractivity contribution in [2.24, 2.45) is 0 Å². The molecule has 0 fully saturated rings. The van der Waals surface area contributed by atoms with Gasteiger partial charge in [-0.2, -0.15) is 12.7 Å². The molecule has 0 saturated carbocycles. The Balaban J connectivity index is 2.34. The van der Waals surface area contributed by atoms with E-state index in [1.54, 1.807) is 6.07 Å². The molecular formula is C9H10N2O4S. The van der Waals surface area contributed by atoms with Crippen LogP contribution in [0.2, 0.25) is 0 Å². The summed E-state index contributed by atoms with van der Waals surface area (Å²) in [4.78, 5) is 3.90. The topological polar surface area (TPSA) is 72.6 Å². The second kappa shape index (κ2) is 3.76. The Bertz CT molecular complexity index is 603. The SMILES string of the molecule is CN(C)S(=O)(=O)Oc1ccc2ocnc2c1. The van der Waals surface area contributed by atoms with Crippen molar-refractivity contribution in [3.63, 3.8) is 0 Å². The van der Waals surface area contributed by atoms with Gasteiger partial charge in [0.25, 0.3) is 0 Å². The fourth-order valence-electron chi connectivity index (χ4n) is 1.09. The molecule has 0 spiro atoms. The summed E-state index contributed by atoms with van der Waals surface area (Å²) in [5.41, 5.74) is 1.13. The Hall–Kier alpha value is -1.60. The van der Waals surface area contributed by atoms with E-state index in [-0.39, 0.29) is 5.75 Å². The van der Waals surface area contributed by atoms with Crippen molar-refractivity contribution >= 4 is 21.4 Å². The second-order valence-electron chi connectivity index (χ2n) is 3.31. The van der Waals surface area contributed by atoms with Gasteiger partial charge in [0.1, 0.15) is 11.3 Å². The number of hydrogen-bond acceptors (Lipinski definition) is 5. The van der Waals surface area contributed by atoms with Crippen molar-refractivity contribution in [3.8, 4) is 5.75 Å². The molecule has 7 heteroatoms. The van der Waals surface area contributed by atoms with E-state index in [4.69, 9.17) is 8.60 Å². The van der Waals surface area contributed by atoms with E-state index in [0.29, 0.717) is 11.1 Å². The highest BCUT2D eigenvalue weighted by atomic mass is 32.2. The molecule has 16 heavy (non-hydrogen) atoms. The van der Waals surface area contributed by atoms with Gasteiger partial charge in [0, 0.05) is 20.2 Å². The molecule has 0 saturated heterocycles. The van der Waals surface area contributed by atoms with E-state index in [1.807, 2.05) is 0 Å². The Labute approximate surface area is 92.7 Å². The Morgan fingerprint density at radius 2 is 2.12 bits per heavy atom. The highest BCUT2D eigenvalue weighted by Crippen LogP contribution is 2.21. The predicted molar refractivity (Wildman–Crippen MR) is 57.2 cm³/mol. The minimum atomic E-state index is -3.73. The van der Waals surface area contributed by atoms with Gasteiger partial charge >= 0.3 is 10.3 Å². The molecule has 2 aromatic rings. The molecule has 6 nitrogen and oxygen atoms in total. The molecule has 0 aliphatic rings. The third kappa shape index (κ3) is 2.00. The van der Waals surface area contributed by atoms with Crippen molar-refractivity contribution in [1.29, 1.82) is 0 Å². The number of hydrogen-bond donors (Lipinski definition) is 0. The number of fused-ring (bicyclic) bond motifs is 1. The average molecular weight is 242 g/mol. The van der Waals surface area contributed by atoms with Crippen LogP contribution in [0, 0.1) is 0 Å². The maximum Gasteiger partial charge on any atom is 0.384 e. The Morgan fingerprint density at radius 3 is 2.81 bits per heavy atom. The quantitative estimate of drug-likeness (QED) is 0.803. The fourth-order valence-corrected chi connectivity index (χ4v) is 1.58. The third-order valence-electron chi connectivity index (χ3n) is 1.95. The first-order valence-corrected chi connectivity index (χ1v) is 5.81. The first-order valence-electron chi connectivity index (χ1n) is 4.44. The van der Waals surface area contributed by atoms with Crippen LogP contribution < -0.4 is 4.18 Å². The number of aromatic nitrogens is 1. The summed E-state index contributed by atoms with van der Waals surface area (Å²) < 4.78 is 33.7. The maximum absolute atomic E-state index is 11.4. The van der Waals surface area contributed by atoms with Gasteiger partial charge in [0.05, 0.1) is 0 Å². The van der Waals surface area contributed by atoms with E-state index in [0.717, 1.165) is 4.31 Å². The molecule has 86 valence electrons. The summed E-state index contributed by atoms with van der Waals surface area (Å²) in [6.45, 7) is 0. The molecule has 0 aliphatic carbocycles. The first-order chi connectivity index (χ1) is 7.49. The van der Waals surface area contributed by atoms with Gasteiger partial charge in [-0.3, -0.25) is 0 Å². The van der Waals surface area contributed by atoms with Crippen molar-refractivity contribution in [2.75, 3.05) is 14.1 Å². The lowest BCUT2D eigenvalue weighted by molar-refractivity contribution is 0.421. The monoisotopic (exact) mass is 242 g/mol. The summed E-state index contributed by atoms with van der Waals surface area (Å²) in [7, 11) is -0.942. The molecule has 0 bridgehead atoms. The molecule has 0 atom stereocenters. The van der Waals surface area contributed by atoms with Gasteiger partial charge in [0.15, 0.2) is 12.0 Å². The van der Waals surface area contributed by atoms with Gasteiger partial charge in [-0.25, -0.2) is 4.98 Å². The van der Waals surface area contributed by atoms with Crippen LogP contribution in [0.25, 0.3) is 11.1 Å². The van der Waals surface area contributed by atoms with E-state index < -0.39 is 10.3 Å². The molecule has 1 heterocycles. The highest BCUT2D eigenvalue weighted by Gasteiger charge is 2.16. The molecular weight excluding hydrogens is 232 g/mol. The smallest absolute Gasteiger partial charge is 0.384 e. The van der Waals surface area contributed by atoms with Crippen molar-refractivity contribution in [2.45, 2.75) is 0 Å². The van der Waals surface area contributed by atoms with Gasteiger partial charge < -0.3 is 8.60 Å². The van der Waals surface area contributed by atoms with Crippen LogP contribution in [0.5, 0.6) is 5.75 Å². The number of nitrogens with zero attached hydrogens (tertiary/aromatic N) is 2. The fraction of sp³-hybridized carbons (Fsp3) is 0.222. The van der Waals surface area contributed by atoms with Crippen LogP contribution in [0.3, 0.4) is 0 Å². The van der Waals surface area contributed by atoms with E-state index in [9.17, 15) is 8.42 Å². The van der Waals surface area contributed by atoms with Gasteiger partial charge in [-0.15, -0.1) is 0 Å². The minimum Gasteiger partial charge on any atom is -0.443 e. The zero-order valence-corrected chi connectivity index (χ0v) is 9.56. The van der Waals surface area contributed by atoms with Crippen LogP contribution in [0.4, 0.5) is 0 Å². The molecule has 1 aromatic heterocycles. The molecule has 1 aromatic carbocycles. The zero-order valence-electron chi connectivity index (χ0n) is 8.75. The largest absolute Gasteiger partial charge is 0.443 e. The van der Waals surface area contributed by atoms with Crippen LogP contribution in [0.15, 0.2) is 29.0 Å². The zero-order chi connectivity index (χ0) is 11.8. The van der Waals surface area contributed by atoms with Gasteiger partial charge in [-0.1, -0.05) is 0 Å². The third-order valence-corrected chi connectivity index (χ3v) is 3.25. The number of oxazole rings is 1. The Morgan fingerprint density at radius 1 is 1.38 bits per heavy atom. The normalized spacial score (nSPS) is 12.2. The first kappa shape index (κ1) is 10.9. The second-order valence-corrected chi connectivity index (χ2v) is 5.06. The summed E-state index contributed by atoms with van der Waals surface area (Å²) in [5.74, 6) is 0.204. The predicted octanol–water partition coefficient (Wildman–Crippen LogP) is 1.01. The van der Waals surface area contributed by atoms with Crippen LogP contribution in [0.1, 0.15) is 0 Å². The highest BCUT2D eigenvalue weighted by molar-refractivity contribution is 7.84. The van der Waals surface area contributed by atoms with E-state index in [2.05, 4.69) is 4.98 Å². The maximum atomic E-state index is 11.4. The molecule has 0 amide bonds. The lowest BCUT2D eigenvalue weighted by Crippen LogP contribution is -2.26. The summed E-state index contributed by atoms with van der Waals surface area (Å²) in [6, 6.07) is 4.61. The van der Waals surface area contributed by atoms with E-state index >= 15 is 0 Å². The van der Waals surface area contributed by atoms with Crippen molar-refractivity contribution in [1.82, 2.24) is 9.29 Å². The van der Waals surface area contributed by atoms with Crippen molar-refractivity contribution in [3.05, 3.63) is 24.6 Å². The van der Waals surface area contributed by atoms with Gasteiger partial charge in [0.2, 0.25) is 0 Å². The summed E-state index contributed by atoms with van der Waals surface area (Å²) in [5, 5.41) is 0. The molecule has 2 rings (SSSR count). The molecule has 0 unspecified atom stereocenters. The Kier molecular flexibility index (Phi) is 2.56. The molecule has 0 N–H and O–H groups in total. The lowest BCUT2D eigenvalue weighted by Gasteiger charge is -2.11. The van der Waals surface area contributed by atoms with Crippen LogP contribution in [-0.4, -0.2) is 31.8 Å². The van der Waals surface area contributed by atoms with E-state index in [1.165, 1.54) is 32.6 Å². The molecule has 0 radical (unpaired) electrons. The summed E-state index contributed by atoms with van der Waals surface area (Å²) in [6.07, 6.45) is 1.29.